The molecule has 1 heterocycles. The van der Waals surface area contributed by atoms with E-state index >= 15 is 0 Å². The molecule has 0 radical (unpaired) electrons. The predicted molar refractivity (Wildman–Crippen MR) is 151 cm³/mol. The van der Waals surface area contributed by atoms with Gasteiger partial charge in [0.1, 0.15) is 11.5 Å². The second-order valence-corrected chi connectivity index (χ2v) is 12.7. The van der Waals surface area contributed by atoms with Gasteiger partial charge in [-0.1, -0.05) is 46.8 Å². The highest BCUT2D eigenvalue weighted by Gasteiger charge is 2.41. The molecular formula is C29H32F3N3O3S. The number of amides is 2. The number of para-hydroxylation sites is 2. The smallest absolute Gasteiger partial charge is 0.495 e. The molecule has 0 saturated carbocycles. The van der Waals surface area contributed by atoms with Crippen molar-refractivity contribution >= 4 is 40.5 Å². The summed E-state index contributed by atoms with van der Waals surface area (Å²) in [5, 5.41) is 5.55. The molecule has 1 aliphatic heterocycles. The lowest BCUT2D eigenvalue weighted by Gasteiger charge is -2.26. The van der Waals surface area contributed by atoms with E-state index in [-0.39, 0.29) is 15.9 Å². The molecule has 4 rings (SSSR count). The first-order valence-electron chi connectivity index (χ1n) is 12.4. The molecule has 3 aromatic carbocycles. The molecule has 10 heteroatoms. The Kier molecular flexibility index (Phi) is 7.71. The molecule has 0 aliphatic carbocycles. The van der Waals surface area contributed by atoms with E-state index in [0.717, 1.165) is 29.3 Å². The Morgan fingerprint density at radius 1 is 0.974 bits per heavy atom. The molecule has 0 bridgehead atoms. The van der Waals surface area contributed by atoms with Crippen molar-refractivity contribution in [2.45, 2.75) is 56.0 Å². The number of nitrogens with one attached hydrogen (secondary N) is 2. The number of ether oxygens (including phenoxy) is 2. The molecule has 0 aromatic heterocycles. The van der Waals surface area contributed by atoms with E-state index in [1.807, 2.05) is 36.0 Å². The number of alkyl halides is 3. The zero-order valence-electron chi connectivity index (χ0n) is 22.7. The Morgan fingerprint density at radius 2 is 1.64 bits per heavy atom. The number of anilines is 4. The van der Waals surface area contributed by atoms with E-state index in [1.54, 1.807) is 13.2 Å². The first-order valence-corrected chi connectivity index (χ1v) is 13.2. The second kappa shape index (κ2) is 10.6. The molecule has 0 saturated heterocycles. The van der Waals surface area contributed by atoms with E-state index in [1.165, 1.54) is 22.6 Å². The number of nitrogens with zero attached hydrogens (tertiary/aromatic N) is 1. The Labute approximate surface area is 230 Å². The van der Waals surface area contributed by atoms with Crippen LogP contribution in [-0.2, 0) is 5.41 Å². The minimum absolute atomic E-state index is 0.0144. The fraction of sp³-hybridized carbons (Fsp3) is 0.345. The maximum atomic E-state index is 12.9. The molecular weight excluding hydrogens is 527 g/mol. The third-order valence-corrected chi connectivity index (χ3v) is 7.20. The Balaban J connectivity index is 1.62. The fourth-order valence-electron chi connectivity index (χ4n) is 4.65. The van der Waals surface area contributed by atoms with Crippen molar-refractivity contribution in [2.24, 2.45) is 0 Å². The van der Waals surface area contributed by atoms with Gasteiger partial charge in [-0.25, -0.2) is 4.79 Å². The zero-order valence-corrected chi connectivity index (χ0v) is 23.5. The van der Waals surface area contributed by atoms with Crippen LogP contribution in [0.4, 0.5) is 40.7 Å². The quantitative estimate of drug-likeness (QED) is 0.296. The summed E-state index contributed by atoms with van der Waals surface area (Å²) in [5.41, 5.74) is 3.65. The van der Waals surface area contributed by atoms with Gasteiger partial charge in [0, 0.05) is 32.9 Å². The molecule has 0 spiro atoms. The normalized spacial score (nSPS) is 14.5. The Bertz CT molecular complexity index is 1350. The molecule has 0 fully saturated rings. The van der Waals surface area contributed by atoms with Gasteiger partial charge in [0.25, 0.3) is 0 Å². The number of hydrogen-bond donors (Lipinski definition) is 2. The van der Waals surface area contributed by atoms with E-state index < -0.39 is 12.4 Å². The monoisotopic (exact) mass is 559 g/mol. The number of urea groups is 1. The molecule has 3 aromatic rings. The molecule has 208 valence electrons. The van der Waals surface area contributed by atoms with Crippen molar-refractivity contribution in [1.29, 1.82) is 0 Å². The largest absolute Gasteiger partial charge is 0.573 e. The van der Waals surface area contributed by atoms with Gasteiger partial charge < -0.3 is 25.0 Å². The van der Waals surface area contributed by atoms with E-state index in [0.29, 0.717) is 17.9 Å². The van der Waals surface area contributed by atoms with Gasteiger partial charge in [0.05, 0.1) is 24.2 Å². The molecule has 0 atom stereocenters. The standard InChI is InChI=1S/C29H32F3N3O3S/c1-27(2,3)39-23-16-15-22(37-6)25-24(23)28(4,5)17-35(25)21-10-8-7-9-20(21)34-26(36)33-18-11-13-19(14-12-18)38-29(30,31)32/h7-16H,17H2,1-6H3,(H2,33,34,36). The maximum Gasteiger partial charge on any atom is 0.573 e. The minimum atomic E-state index is -4.78. The number of carbonyl (C=O) groups is 1. The van der Waals surface area contributed by atoms with Crippen LogP contribution in [0.25, 0.3) is 0 Å². The van der Waals surface area contributed by atoms with Gasteiger partial charge >= 0.3 is 12.4 Å². The van der Waals surface area contributed by atoms with Crippen LogP contribution in [-0.4, -0.2) is 30.8 Å². The number of rotatable bonds is 6. The molecule has 2 amide bonds. The number of hydrogen-bond acceptors (Lipinski definition) is 5. The van der Waals surface area contributed by atoms with E-state index in [2.05, 4.69) is 61.0 Å². The van der Waals surface area contributed by atoms with Gasteiger partial charge in [-0.3, -0.25) is 0 Å². The SMILES string of the molecule is COc1ccc(SC(C)(C)C)c2c1N(c1ccccc1NC(=O)Nc1ccc(OC(F)(F)F)cc1)CC2(C)C. The summed E-state index contributed by atoms with van der Waals surface area (Å²) in [7, 11) is 1.65. The summed E-state index contributed by atoms with van der Waals surface area (Å²) in [5.74, 6) is 0.376. The number of carbonyl (C=O) groups excluding carboxylic acids is 1. The third kappa shape index (κ3) is 6.73. The van der Waals surface area contributed by atoms with Crippen molar-refractivity contribution < 1.29 is 27.4 Å². The topological polar surface area (TPSA) is 62.8 Å². The number of halogens is 3. The molecule has 39 heavy (non-hydrogen) atoms. The van der Waals surface area contributed by atoms with Crippen LogP contribution < -0.4 is 25.0 Å². The van der Waals surface area contributed by atoms with Crippen LogP contribution in [0.5, 0.6) is 11.5 Å². The first kappa shape index (κ1) is 28.5. The van der Waals surface area contributed by atoms with Crippen molar-refractivity contribution in [3.05, 3.63) is 66.2 Å². The Hall–Kier alpha value is -3.53. The van der Waals surface area contributed by atoms with E-state index in [4.69, 9.17) is 4.74 Å². The number of benzene rings is 3. The van der Waals surface area contributed by atoms with Crippen molar-refractivity contribution in [2.75, 3.05) is 29.2 Å². The highest BCUT2D eigenvalue weighted by Crippen LogP contribution is 2.54. The van der Waals surface area contributed by atoms with E-state index in [9.17, 15) is 18.0 Å². The fourth-order valence-corrected chi connectivity index (χ4v) is 5.92. The number of methoxy groups -OCH3 is 1. The predicted octanol–water partition coefficient (Wildman–Crippen LogP) is 8.56. The van der Waals surface area contributed by atoms with Gasteiger partial charge in [0.15, 0.2) is 0 Å². The average Bonchev–Trinajstić information content (AvgIpc) is 3.11. The Morgan fingerprint density at radius 3 is 2.26 bits per heavy atom. The van der Waals surface area contributed by atoms with Crippen molar-refractivity contribution in [1.82, 2.24) is 0 Å². The van der Waals surface area contributed by atoms with Crippen LogP contribution in [0.2, 0.25) is 0 Å². The van der Waals surface area contributed by atoms with Gasteiger partial charge in [-0.2, -0.15) is 0 Å². The highest BCUT2D eigenvalue weighted by atomic mass is 32.2. The summed E-state index contributed by atoms with van der Waals surface area (Å²) in [4.78, 5) is 16.2. The summed E-state index contributed by atoms with van der Waals surface area (Å²) in [6, 6.07) is 16.0. The third-order valence-electron chi connectivity index (χ3n) is 6.03. The van der Waals surface area contributed by atoms with Crippen LogP contribution >= 0.6 is 11.8 Å². The maximum absolute atomic E-state index is 12.9. The summed E-state index contributed by atoms with van der Waals surface area (Å²) < 4.78 is 47.0. The van der Waals surface area contributed by atoms with Gasteiger partial charge in [-0.05, 0) is 48.5 Å². The molecule has 0 unspecified atom stereocenters. The molecule has 1 aliphatic rings. The van der Waals surface area contributed by atoms with Crippen LogP contribution in [0, 0.1) is 0 Å². The molecule has 6 nitrogen and oxygen atoms in total. The second-order valence-electron chi connectivity index (χ2n) is 10.8. The first-order chi connectivity index (χ1) is 18.2. The van der Waals surface area contributed by atoms with Crippen LogP contribution in [0.1, 0.15) is 40.2 Å². The summed E-state index contributed by atoms with van der Waals surface area (Å²) in [6.07, 6.45) is -4.78. The lowest BCUT2D eigenvalue weighted by Crippen LogP contribution is -2.27. The summed E-state index contributed by atoms with van der Waals surface area (Å²) >= 11 is 1.81. The van der Waals surface area contributed by atoms with Crippen LogP contribution in [0.15, 0.2) is 65.6 Å². The summed E-state index contributed by atoms with van der Waals surface area (Å²) in [6.45, 7) is 11.6. The lowest BCUT2D eigenvalue weighted by molar-refractivity contribution is -0.274. The lowest BCUT2D eigenvalue weighted by atomic mass is 9.87. The number of thioether (sulfide) groups is 1. The van der Waals surface area contributed by atoms with Gasteiger partial charge in [0.2, 0.25) is 0 Å². The van der Waals surface area contributed by atoms with Crippen molar-refractivity contribution in [3.63, 3.8) is 0 Å². The minimum Gasteiger partial charge on any atom is -0.495 e. The zero-order chi connectivity index (χ0) is 28.6. The highest BCUT2D eigenvalue weighted by molar-refractivity contribution is 8.00. The average molecular weight is 560 g/mol. The van der Waals surface area contributed by atoms with Crippen molar-refractivity contribution in [3.8, 4) is 11.5 Å². The number of fused-ring (bicyclic) bond motifs is 1. The van der Waals surface area contributed by atoms with Crippen LogP contribution in [0.3, 0.4) is 0 Å². The molecule has 2 N–H and O–H groups in total. The van der Waals surface area contributed by atoms with Gasteiger partial charge in [-0.15, -0.1) is 24.9 Å².